The van der Waals surface area contributed by atoms with Gasteiger partial charge >= 0.3 is 5.97 Å². The van der Waals surface area contributed by atoms with E-state index in [1.54, 1.807) is 6.07 Å². The quantitative estimate of drug-likeness (QED) is 0.252. The topological polar surface area (TPSA) is 108 Å². The molecule has 2 rings (SSSR count). The Bertz CT molecular complexity index is 877. The monoisotopic (exact) mass is 470 g/mol. The Hall–Kier alpha value is -2.65. The number of ether oxygens (including phenoxy) is 2. The van der Waals surface area contributed by atoms with E-state index in [-0.39, 0.29) is 22.8 Å². The van der Waals surface area contributed by atoms with Gasteiger partial charge in [0.25, 0.3) is 11.6 Å². The lowest BCUT2D eigenvalue weighted by molar-refractivity contribution is -0.384. The maximum absolute atomic E-state index is 11.9. The number of anilines is 1. The molecule has 1 N–H and O–H groups in total. The summed E-state index contributed by atoms with van der Waals surface area (Å²) in [5, 5.41) is 13.3. The molecule has 0 saturated carbocycles. The van der Waals surface area contributed by atoms with Gasteiger partial charge in [-0.1, -0.05) is 33.6 Å². The fourth-order valence-corrected chi connectivity index (χ4v) is 2.63. The Balaban J connectivity index is 1.70. The van der Waals surface area contributed by atoms with Gasteiger partial charge in [-0.25, -0.2) is 0 Å². The van der Waals surface area contributed by atoms with Gasteiger partial charge in [0.1, 0.15) is 5.75 Å². The Morgan fingerprint density at radius 1 is 1.21 bits per heavy atom. The fraction of sp³-hybridized carbons (Fsp3) is 0.222. The highest BCUT2D eigenvalue weighted by Gasteiger charge is 2.13. The van der Waals surface area contributed by atoms with E-state index in [1.807, 2.05) is 18.2 Å². The lowest BCUT2D eigenvalue weighted by Crippen LogP contribution is -2.21. The van der Waals surface area contributed by atoms with Gasteiger partial charge in [0, 0.05) is 23.0 Å². The van der Waals surface area contributed by atoms with Crippen LogP contribution in [0.4, 0.5) is 11.4 Å². The van der Waals surface area contributed by atoms with Crippen LogP contribution in [0.5, 0.6) is 5.75 Å². The summed E-state index contributed by atoms with van der Waals surface area (Å²) in [5.41, 5.74) is -0.151. The van der Waals surface area contributed by atoms with Crippen molar-refractivity contribution in [2.24, 2.45) is 0 Å². The fourth-order valence-electron chi connectivity index (χ4n) is 2.09. The zero-order valence-corrected chi connectivity index (χ0v) is 16.9. The van der Waals surface area contributed by atoms with Crippen molar-refractivity contribution in [3.63, 3.8) is 0 Å². The molecular weight excluding hydrogens is 456 g/mol. The molecule has 0 heterocycles. The highest BCUT2D eigenvalue weighted by Crippen LogP contribution is 2.26. The summed E-state index contributed by atoms with van der Waals surface area (Å²) in [5.74, 6) is -0.532. The Labute approximate surface area is 174 Å². The van der Waals surface area contributed by atoms with E-state index >= 15 is 0 Å². The molecule has 0 unspecified atom stereocenters. The van der Waals surface area contributed by atoms with Gasteiger partial charge in [0.15, 0.2) is 6.61 Å². The first-order chi connectivity index (χ1) is 13.3. The molecule has 28 heavy (non-hydrogen) atoms. The van der Waals surface area contributed by atoms with Crippen LogP contribution in [0.15, 0.2) is 46.9 Å². The number of nitrogens with zero attached hydrogens (tertiary/aromatic N) is 1. The van der Waals surface area contributed by atoms with Gasteiger partial charge in [0.05, 0.1) is 22.2 Å². The van der Waals surface area contributed by atoms with Gasteiger partial charge in [-0.05, 0) is 30.7 Å². The highest BCUT2D eigenvalue weighted by atomic mass is 79.9. The number of nitro benzene ring substituents is 1. The molecule has 0 saturated heterocycles. The SMILES string of the molecule is O=C(COC(=O)CCCOc1cccc(Br)c1)Nc1cc([N+](=O)[O-])ccc1Cl. The van der Waals surface area contributed by atoms with Crippen molar-refractivity contribution in [2.75, 3.05) is 18.5 Å². The maximum atomic E-state index is 11.9. The van der Waals surface area contributed by atoms with Crippen LogP contribution in [0.25, 0.3) is 0 Å². The second-order valence-corrected chi connectivity index (χ2v) is 6.86. The predicted octanol–water partition coefficient (Wildman–Crippen LogP) is 4.35. The minimum atomic E-state index is -0.652. The molecule has 0 fully saturated rings. The number of hydrogen-bond donors (Lipinski definition) is 1. The van der Waals surface area contributed by atoms with Gasteiger partial charge in [-0.2, -0.15) is 0 Å². The molecule has 1 amide bonds. The first-order valence-corrected chi connectivity index (χ1v) is 9.30. The normalized spacial score (nSPS) is 10.2. The van der Waals surface area contributed by atoms with Crippen LogP contribution in [0, 0.1) is 10.1 Å². The van der Waals surface area contributed by atoms with Gasteiger partial charge in [0.2, 0.25) is 0 Å². The van der Waals surface area contributed by atoms with E-state index in [4.69, 9.17) is 21.1 Å². The van der Waals surface area contributed by atoms with Crippen LogP contribution >= 0.6 is 27.5 Å². The summed E-state index contributed by atoms with van der Waals surface area (Å²) in [6.07, 6.45) is 0.503. The van der Waals surface area contributed by atoms with Crippen molar-refractivity contribution in [1.29, 1.82) is 0 Å². The number of nitro groups is 1. The number of rotatable bonds is 9. The Kier molecular flexibility index (Phi) is 8.21. The van der Waals surface area contributed by atoms with Crippen LogP contribution in [-0.4, -0.2) is 30.0 Å². The number of esters is 1. The Morgan fingerprint density at radius 2 is 2.00 bits per heavy atom. The third kappa shape index (κ3) is 7.16. The van der Waals surface area contributed by atoms with Gasteiger partial charge in [-0.15, -0.1) is 0 Å². The van der Waals surface area contributed by atoms with Crippen molar-refractivity contribution >= 4 is 50.8 Å². The number of amides is 1. The number of carbonyl (C=O) groups excluding carboxylic acids is 2. The third-order valence-corrected chi connectivity index (χ3v) is 4.21. The number of nitrogens with one attached hydrogen (secondary N) is 1. The molecule has 0 radical (unpaired) electrons. The van der Waals surface area contributed by atoms with Gasteiger partial charge in [-0.3, -0.25) is 19.7 Å². The summed E-state index contributed by atoms with van der Waals surface area (Å²) >= 11 is 9.22. The average Bonchev–Trinajstić information content (AvgIpc) is 2.65. The number of hydrogen-bond acceptors (Lipinski definition) is 6. The second kappa shape index (κ2) is 10.6. The first-order valence-electron chi connectivity index (χ1n) is 8.13. The largest absolute Gasteiger partial charge is 0.494 e. The molecule has 0 aliphatic carbocycles. The molecule has 0 aromatic heterocycles. The molecule has 2 aromatic rings. The molecular formula is C18H16BrClN2O6. The van der Waals surface area contributed by atoms with E-state index in [0.29, 0.717) is 18.8 Å². The van der Waals surface area contributed by atoms with Crippen molar-refractivity contribution in [3.05, 3.63) is 62.1 Å². The van der Waals surface area contributed by atoms with Crippen LogP contribution in [0.1, 0.15) is 12.8 Å². The van der Waals surface area contributed by atoms with Crippen molar-refractivity contribution in [2.45, 2.75) is 12.8 Å². The molecule has 10 heteroatoms. The molecule has 8 nitrogen and oxygen atoms in total. The minimum absolute atomic E-state index is 0.0688. The zero-order chi connectivity index (χ0) is 20.5. The molecule has 148 valence electrons. The maximum Gasteiger partial charge on any atom is 0.306 e. The predicted molar refractivity (Wildman–Crippen MR) is 107 cm³/mol. The van der Waals surface area contributed by atoms with Crippen molar-refractivity contribution in [1.82, 2.24) is 0 Å². The van der Waals surface area contributed by atoms with Crippen LogP contribution < -0.4 is 10.1 Å². The number of benzene rings is 2. The van der Waals surface area contributed by atoms with Crippen LogP contribution in [-0.2, 0) is 14.3 Å². The second-order valence-electron chi connectivity index (χ2n) is 5.54. The Morgan fingerprint density at radius 3 is 2.71 bits per heavy atom. The standard InChI is InChI=1S/C18H16BrClN2O6/c19-12-3-1-4-14(9-12)27-8-2-5-18(24)28-11-17(23)21-16-10-13(22(25)26)6-7-15(16)20/h1,3-4,6-7,9-10H,2,5,8,11H2,(H,21,23). The first kappa shape index (κ1) is 21.6. The number of non-ortho nitro benzene ring substituents is 1. The average molecular weight is 472 g/mol. The van der Waals surface area contributed by atoms with Gasteiger partial charge < -0.3 is 14.8 Å². The van der Waals surface area contributed by atoms with Crippen molar-refractivity contribution < 1.29 is 24.0 Å². The molecule has 0 atom stereocenters. The van der Waals surface area contributed by atoms with E-state index in [1.165, 1.54) is 12.1 Å². The van der Waals surface area contributed by atoms with E-state index < -0.39 is 23.4 Å². The summed E-state index contributed by atoms with van der Waals surface area (Å²) in [6.45, 7) is -0.203. The summed E-state index contributed by atoms with van der Waals surface area (Å²) in [4.78, 5) is 33.7. The molecule has 0 bridgehead atoms. The summed E-state index contributed by atoms with van der Waals surface area (Å²) in [7, 11) is 0. The highest BCUT2D eigenvalue weighted by molar-refractivity contribution is 9.10. The zero-order valence-electron chi connectivity index (χ0n) is 14.5. The van der Waals surface area contributed by atoms with Crippen molar-refractivity contribution in [3.8, 4) is 5.75 Å². The summed E-state index contributed by atoms with van der Waals surface area (Å²) < 4.78 is 11.3. The van der Waals surface area contributed by atoms with E-state index in [9.17, 15) is 19.7 Å². The van der Waals surface area contributed by atoms with Crippen LogP contribution in [0.2, 0.25) is 5.02 Å². The number of carbonyl (C=O) groups is 2. The third-order valence-electron chi connectivity index (χ3n) is 3.39. The minimum Gasteiger partial charge on any atom is -0.494 e. The van der Waals surface area contributed by atoms with E-state index in [2.05, 4.69) is 21.2 Å². The van der Waals surface area contributed by atoms with Crippen LogP contribution in [0.3, 0.4) is 0 Å². The molecule has 0 aliphatic heterocycles. The lowest BCUT2D eigenvalue weighted by Gasteiger charge is -2.09. The number of halogens is 2. The smallest absolute Gasteiger partial charge is 0.306 e. The van der Waals surface area contributed by atoms with E-state index in [0.717, 1.165) is 10.5 Å². The molecule has 0 spiro atoms. The lowest BCUT2D eigenvalue weighted by atomic mass is 10.3. The summed E-state index contributed by atoms with van der Waals surface area (Å²) in [6, 6.07) is 11.0. The molecule has 2 aromatic carbocycles. The molecule has 0 aliphatic rings.